The van der Waals surface area contributed by atoms with E-state index >= 15 is 0 Å². The van der Waals surface area contributed by atoms with Crippen molar-refractivity contribution in [2.75, 3.05) is 7.11 Å². The molecule has 3 nitrogen and oxygen atoms in total. The maximum atomic E-state index is 12.5. The zero-order valence-electron chi connectivity index (χ0n) is 6.97. The fourth-order valence-electron chi connectivity index (χ4n) is 0.473. The summed E-state index contributed by atoms with van der Waals surface area (Å²) in [6, 6.07) is 0. The lowest BCUT2D eigenvalue weighted by Crippen LogP contribution is -1.92. The van der Waals surface area contributed by atoms with Crippen molar-refractivity contribution in [3.05, 3.63) is 11.7 Å². The lowest BCUT2D eigenvalue weighted by Gasteiger charge is -1.98. The molecule has 0 rings (SSSR count). The van der Waals surface area contributed by atoms with Gasteiger partial charge in [-0.3, -0.25) is 0 Å². The second-order valence-electron chi connectivity index (χ2n) is 1.78. The van der Waals surface area contributed by atoms with E-state index in [-0.39, 0.29) is 11.7 Å². The third-order valence-corrected chi connectivity index (χ3v) is 0.974. The van der Waals surface area contributed by atoms with Crippen LogP contribution in [0, 0.1) is 12.3 Å². The number of methoxy groups -OCH3 is 1. The third kappa shape index (κ3) is 2.97. The first-order chi connectivity index (χ1) is 5.65. The Labute approximate surface area is 70.7 Å². The van der Waals surface area contributed by atoms with Crippen molar-refractivity contribution in [3.8, 4) is 12.3 Å². The predicted molar refractivity (Wildman–Crippen MR) is 46.6 cm³/mol. The Morgan fingerprint density at radius 3 is 2.50 bits per heavy atom. The van der Waals surface area contributed by atoms with Gasteiger partial charge in [0.1, 0.15) is 0 Å². The molecule has 0 radical (unpaired) electrons. The van der Waals surface area contributed by atoms with Gasteiger partial charge in [0.15, 0.2) is 5.83 Å². The summed E-state index contributed by atoms with van der Waals surface area (Å²) in [7, 11) is 1.29. The second kappa shape index (κ2) is 5.08. The highest BCUT2D eigenvalue weighted by molar-refractivity contribution is 6.01. The molecule has 0 aromatic rings. The van der Waals surface area contributed by atoms with E-state index in [1.165, 1.54) is 14.0 Å². The van der Waals surface area contributed by atoms with E-state index in [2.05, 4.69) is 27.4 Å². The molecular weight excluding hydrogens is 159 g/mol. The number of hydrogen-bond acceptors (Lipinski definition) is 2. The van der Waals surface area contributed by atoms with Gasteiger partial charge in [0, 0.05) is 0 Å². The van der Waals surface area contributed by atoms with Crippen molar-refractivity contribution in [1.29, 1.82) is 0 Å². The van der Waals surface area contributed by atoms with Gasteiger partial charge in [0.25, 0.3) is 0 Å². The van der Waals surface area contributed by atoms with Crippen molar-refractivity contribution in [2.24, 2.45) is 9.98 Å². The van der Waals surface area contributed by atoms with Gasteiger partial charge in [0.05, 0.1) is 7.11 Å². The highest BCUT2D eigenvalue weighted by Crippen LogP contribution is 2.07. The van der Waals surface area contributed by atoms with E-state index in [0.717, 1.165) is 0 Å². The van der Waals surface area contributed by atoms with Crippen LogP contribution in [0.2, 0.25) is 0 Å². The Morgan fingerprint density at radius 2 is 2.25 bits per heavy atom. The van der Waals surface area contributed by atoms with E-state index < -0.39 is 5.83 Å². The lowest BCUT2D eigenvalue weighted by molar-refractivity contribution is 0.272. The molecule has 12 heavy (non-hydrogen) atoms. The topological polar surface area (TPSA) is 34.0 Å². The summed E-state index contributed by atoms with van der Waals surface area (Å²) >= 11 is 0. The molecule has 0 aromatic carbocycles. The molecule has 64 valence electrons. The molecule has 0 atom stereocenters. The van der Waals surface area contributed by atoms with Gasteiger partial charge in [-0.1, -0.05) is 0 Å². The van der Waals surface area contributed by atoms with Gasteiger partial charge in [0.2, 0.25) is 11.7 Å². The average Bonchev–Trinajstić information content (AvgIpc) is 2.06. The minimum Gasteiger partial charge on any atom is -0.479 e. The van der Waals surface area contributed by atoms with Gasteiger partial charge in [-0.2, -0.15) is 4.99 Å². The molecular formula is C8H9FN2O. The number of amidine groups is 1. The van der Waals surface area contributed by atoms with E-state index in [9.17, 15) is 4.39 Å². The standard InChI is InChI=1S/C8H9FN2O/c1-5-7(10-3)11-8(12-4)6(2)9/h1H,3H2,2,4H3/b8-6-,11-7?. The minimum atomic E-state index is -0.561. The van der Waals surface area contributed by atoms with Crippen LogP contribution in [0.5, 0.6) is 0 Å². The maximum Gasteiger partial charge on any atom is 0.247 e. The molecule has 0 amide bonds. The van der Waals surface area contributed by atoms with Crippen LogP contribution in [0.1, 0.15) is 6.92 Å². The maximum absolute atomic E-state index is 12.5. The number of ether oxygens (including phenoxy) is 1. The number of allylic oxidation sites excluding steroid dienone is 1. The van der Waals surface area contributed by atoms with Crippen LogP contribution in [-0.4, -0.2) is 19.7 Å². The number of aliphatic imine (C=N–C) groups is 2. The highest BCUT2D eigenvalue weighted by Gasteiger charge is 2.00. The van der Waals surface area contributed by atoms with Crippen LogP contribution in [0.3, 0.4) is 0 Å². The summed E-state index contributed by atoms with van der Waals surface area (Å²) in [6.45, 7) is 4.36. The monoisotopic (exact) mass is 168 g/mol. The Morgan fingerprint density at radius 1 is 1.67 bits per heavy atom. The van der Waals surface area contributed by atoms with Gasteiger partial charge < -0.3 is 4.74 Å². The Hall–Kier alpha value is -1.63. The highest BCUT2D eigenvalue weighted by atomic mass is 19.1. The van der Waals surface area contributed by atoms with Crippen molar-refractivity contribution >= 4 is 12.6 Å². The van der Waals surface area contributed by atoms with E-state index in [1.54, 1.807) is 0 Å². The van der Waals surface area contributed by atoms with Crippen molar-refractivity contribution < 1.29 is 9.13 Å². The third-order valence-electron chi connectivity index (χ3n) is 0.974. The summed E-state index contributed by atoms with van der Waals surface area (Å²) in [6.07, 6.45) is 4.97. The van der Waals surface area contributed by atoms with Crippen LogP contribution in [0.25, 0.3) is 0 Å². The van der Waals surface area contributed by atoms with Crippen LogP contribution < -0.4 is 0 Å². The summed E-state index contributed by atoms with van der Waals surface area (Å²) < 4.78 is 17.1. The number of rotatable bonds is 2. The number of terminal acetylenes is 1. The summed E-state index contributed by atoms with van der Waals surface area (Å²) in [5.41, 5.74) is 0. The molecule has 0 bridgehead atoms. The van der Waals surface area contributed by atoms with Crippen molar-refractivity contribution in [2.45, 2.75) is 6.92 Å². The van der Waals surface area contributed by atoms with Crippen LogP contribution in [0.4, 0.5) is 4.39 Å². The fourth-order valence-corrected chi connectivity index (χ4v) is 0.473. The normalized spacial score (nSPS) is 13.0. The number of hydrogen-bond donors (Lipinski definition) is 0. The second-order valence-corrected chi connectivity index (χ2v) is 1.78. The van der Waals surface area contributed by atoms with Gasteiger partial charge in [-0.25, -0.2) is 9.38 Å². The molecule has 0 aliphatic rings. The van der Waals surface area contributed by atoms with Crippen molar-refractivity contribution in [3.63, 3.8) is 0 Å². The van der Waals surface area contributed by atoms with Crippen LogP contribution >= 0.6 is 0 Å². The molecule has 0 heterocycles. The van der Waals surface area contributed by atoms with Gasteiger partial charge in [-0.15, -0.1) is 6.42 Å². The Kier molecular flexibility index (Phi) is 4.39. The molecule has 0 saturated carbocycles. The first kappa shape index (κ1) is 10.4. The van der Waals surface area contributed by atoms with Crippen molar-refractivity contribution in [1.82, 2.24) is 0 Å². The van der Waals surface area contributed by atoms with Gasteiger partial charge >= 0.3 is 0 Å². The molecule has 0 fully saturated rings. The number of nitrogens with zero attached hydrogens (tertiary/aromatic N) is 2. The molecule has 4 heteroatoms. The summed E-state index contributed by atoms with van der Waals surface area (Å²) in [4.78, 5) is 6.92. The number of halogens is 1. The predicted octanol–water partition coefficient (Wildman–Crippen LogP) is 1.52. The Balaban J connectivity index is 4.83. The minimum absolute atomic E-state index is 0.0103. The largest absolute Gasteiger partial charge is 0.479 e. The molecule has 0 aliphatic carbocycles. The zero-order chi connectivity index (χ0) is 9.56. The summed E-state index contributed by atoms with van der Waals surface area (Å²) in [5, 5.41) is 0. The average molecular weight is 168 g/mol. The lowest BCUT2D eigenvalue weighted by atomic mass is 10.5. The SMILES string of the molecule is C#CC(N=C)=N/C(OC)=C(\C)F. The summed E-state index contributed by atoms with van der Waals surface area (Å²) in [5.74, 6) is 1.36. The van der Waals surface area contributed by atoms with Crippen LogP contribution in [0.15, 0.2) is 21.7 Å². The van der Waals surface area contributed by atoms with E-state index in [0.29, 0.717) is 0 Å². The molecule has 0 aromatic heterocycles. The molecule has 0 aliphatic heterocycles. The Bertz CT molecular complexity index is 269. The van der Waals surface area contributed by atoms with E-state index in [4.69, 9.17) is 6.42 Å². The molecule has 0 N–H and O–H groups in total. The molecule has 0 saturated heterocycles. The van der Waals surface area contributed by atoms with E-state index in [1.807, 2.05) is 0 Å². The molecule has 0 spiro atoms. The first-order valence-electron chi connectivity index (χ1n) is 3.08. The van der Waals surface area contributed by atoms with Crippen LogP contribution in [-0.2, 0) is 4.74 Å². The smallest absolute Gasteiger partial charge is 0.247 e. The first-order valence-corrected chi connectivity index (χ1v) is 3.08. The quantitative estimate of drug-likeness (QED) is 0.266. The zero-order valence-corrected chi connectivity index (χ0v) is 6.97. The fraction of sp³-hybridized carbons (Fsp3) is 0.250. The van der Waals surface area contributed by atoms with Gasteiger partial charge in [-0.05, 0) is 19.6 Å². The molecule has 0 unspecified atom stereocenters.